The fourth-order valence-electron chi connectivity index (χ4n) is 3.31. The number of aromatic nitrogens is 3. The summed E-state index contributed by atoms with van der Waals surface area (Å²) in [5.74, 6) is -0.867. The quantitative estimate of drug-likeness (QED) is 0.496. The molecule has 2 aromatic heterocycles. The molecule has 0 unspecified atom stereocenters. The second-order valence-electron chi connectivity index (χ2n) is 7.13. The van der Waals surface area contributed by atoms with Crippen LogP contribution in [0.2, 0.25) is 0 Å². The van der Waals surface area contributed by atoms with Crippen LogP contribution in [0.4, 0.5) is 15.9 Å². The van der Waals surface area contributed by atoms with E-state index in [1.54, 1.807) is 62.6 Å². The zero-order valence-electron chi connectivity index (χ0n) is 17.6. The average Bonchev–Trinajstić information content (AvgIpc) is 3.12. The summed E-state index contributed by atoms with van der Waals surface area (Å²) in [6.07, 6.45) is 1.56. The predicted octanol–water partition coefficient (Wildman–Crippen LogP) is 3.84. The van der Waals surface area contributed by atoms with Crippen molar-refractivity contribution in [2.24, 2.45) is 7.05 Å². The molecule has 0 saturated carbocycles. The van der Waals surface area contributed by atoms with Gasteiger partial charge in [0.15, 0.2) is 0 Å². The number of aryl methyl sites for hydroxylation is 2. The molecule has 0 spiro atoms. The summed E-state index contributed by atoms with van der Waals surface area (Å²) >= 11 is 0. The van der Waals surface area contributed by atoms with Crippen LogP contribution < -0.4 is 16.4 Å². The van der Waals surface area contributed by atoms with Crippen molar-refractivity contribution in [2.45, 2.75) is 6.92 Å². The van der Waals surface area contributed by atoms with Gasteiger partial charge in [-0.3, -0.25) is 4.79 Å². The van der Waals surface area contributed by atoms with Gasteiger partial charge in [0.1, 0.15) is 11.6 Å². The Labute approximate surface area is 182 Å². The van der Waals surface area contributed by atoms with Gasteiger partial charge in [-0.15, -0.1) is 5.10 Å². The van der Waals surface area contributed by atoms with Crippen LogP contribution in [-0.2, 0) is 7.05 Å². The molecule has 162 valence electrons. The highest BCUT2D eigenvalue weighted by molar-refractivity contribution is 6.05. The molecule has 2 aromatic carbocycles. The SMILES string of the molecule is CNc1ncc(-c2nn(C)c(=O)o2)cc1-c1ccc(NC(=O)c2c(C)cccc2F)cc1. The molecule has 0 bridgehead atoms. The number of halogens is 1. The molecular weight excluding hydrogens is 413 g/mol. The first-order valence-corrected chi connectivity index (χ1v) is 9.76. The van der Waals surface area contributed by atoms with E-state index in [1.165, 1.54) is 13.1 Å². The Morgan fingerprint density at radius 3 is 2.50 bits per heavy atom. The number of anilines is 2. The second kappa shape index (κ2) is 8.46. The van der Waals surface area contributed by atoms with Gasteiger partial charge in [-0.25, -0.2) is 14.2 Å². The lowest BCUT2D eigenvalue weighted by Gasteiger charge is -2.12. The number of amides is 1. The molecule has 0 aliphatic rings. The van der Waals surface area contributed by atoms with Crippen LogP contribution in [0.15, 0.2) is 63.9 Å². The van der Waals surface area contributed by atoms with Crippen LogP contribution in [0.3, 0.4) is 0 Å². The number of nitrogens with zero attached hydrogens (tertiary/aromatic N) is 3. The minimum Gasteiger partial charge on any atom is -0.388 e. The van der Waals surface area contributed by atoms with Gasteiger partial charge in [-0.05, 0) is 42.3 Å². The molecule has 0 saturated heterocycles. The number of carbonyl (C=O) groups is 1. The van der Waals surface area contributed by atoms with Crippen LogP contribution >= 0.6 is 0 Å². The number of hydrogen-bond acceptors (Lipinski definition) is 6. The van der Waals surface area contributed by atoms with E-state index in [2.05, 4.69) is 20.7 Å². The van der Waals surface area contributed by atoms with Crippen molar-refractivity contribution in [2.75, 3.05) is 17.7 Å². The average molecular weight is 433 g/mol. The number of hydrogen-bond donors (Lipinski definition) is 2. The van der Waals surface area contributed by atoms with Gasteiger partial charge in [0.25, 0.3) is 11.8 Å². The Balaban J connectivity index is 1.63. The lowest BCUT2D eigenvalue weighted by molar-refractivity contribution is 0.102. The standard InChI is InChI=1S/C23H20FN5O3/c1-13-5-4-6-18(24)19(13)21(30)27-16-9-7-14(8-10-16)17-11-15(12-26-20(17)25-2)22-28-29(3)23(31)32-22/h4-12H,1-3H3,(H,25,26)(H,27,30). The third kappa shape index (κ3) is 4.00. The number of rotatable bonds is 5. The lowest BCUT2D eigenvalue weighted by atomic mass is 10.0. The van der Waals surface area contributed by atoms with Crippen molar-refractivity contribution in [1.82, 2.24) is 14.8 Å². The molecule has 8 nitrogen and oxygen atoms in total. The summed E-state index contributed by atoms with van der Waals surface area (Å²) in [6, 6.07) is 13.4. The van der Waals surface area contributed by atoms with Crippen LogP contribution in [0, 0.1) is 12.7 Å². The maximum atomic E-state index is 14.1. The topological polar surface area (TPSA) is 102 Å². The van der Waals surface area contributed by atoms with Gasteiger partial charge in [0.2, 0.25) is 0 Å². The molecule has 0 atom stereocenters. The third-order valence-corrected chi connectivity index (χ3v) is 4.96. The summed E-state index contributed by atoms with van der Waals surface area (Å²) in [5, 5.41) is 9.81. The van der Waals surface area contributed by atoms with Gasteiger partial charge in [0, 0.05) is 31.5 Å². The van der Waals surface area contributed by atoms with E-state index in [1.807, 2.05) is 0 Å². The lowest BCUT2D eigenvalue weighted by Crippen LogP contribution is -2.15. The molecule has 1 amide bonds. The van der Waals surface area contributed by atoms with Crippen LogP contribution in [0.25, 0.3) is 22.6 Å². The van der Waals surface area contributed by atoms with Crippen molar-refractivity contribution in [3.63, 3.8) is 0 Å². The molecule has 32 heavy (non-hydrogen) atoms. The zero-order chi connectivity index (χ0) is 22.8. The summed E-state index contributed by atoms with van der Waals surface area (Å²) in [7, 11) is 3.25. The van der Waals surface area contributed by atoms with Gasteiger partial charge in [0.05, 0.1) is 11.1 Å². The zero-order valence-corrected chi connectivity index (χ0v) is 17.6. The fourth-order valence-corrected chi connectivity index (χ4v) is 3.31. The Kier molecular flexibility index (Phi) is 5.55. The van der Waals surface area contributed by atoms with E-state index >= 15 is 0 Å². The minimum absolute atomic E-state index is 0.0165. The normalized spacial score (nSPS) is 10.8. The van der Waals surface area contributed by atoms with Crippen molar-refractivity contribution in [3.8, 4) is 22.6 Å². The number of nitrogens with one attached hydrogen (secondary N) is 2. The van der Waals surface area contributed by atoms with E-state index in [-0.39, 0.29) is 11.5 Å². The highest BCUT2D eigenvalue weighted by atomic mass is 19.1. The molecular formula is C23H20FN5O3. The molecule has 9 heteroatoms. The summed E-state index contributed by atoms with van der Waals surface area (Å²) in [5.41, 5.74) is 3.20. The van der Waals surface area contributed by atoms with E-state index in [4.69, 9.17) is 4.42 Å². The Hall–Kier alpha value is -4.27. The first-order valence-electron chi connectivity index (χ1n) is 9.76. The molecule has 0 aliphatic heterocycles. The largest absolute Gasteiger partial charge is 0.437 e. The van der Waals surface area contributed by atoms with Crippen LogP contribution in [-0.4, -0.2) is 27.7 Å². The van der Waals surface area contributed by atoms with Crippen LogP contribution in [0.1, 0.15) is 15.9 Å². The highest BCUT2D eigenvalue weighted by Gasteiger charge is 2.16. The Morgan fingerprint density at radius 2 is 1.88 bits per heavy atom. The van der Waals surface area contributed by atoms with E-state index in [9.17, 15) is 14.0 Å². The fraction of sp³-hybridized carbons (Fsp3) is 0.130. The molecule has 0 aliphatic carbocycles. The van der Waals surface area contributed by atoms with E-state index in [0.717, 1.165) is 15.8 Å². The third-order valence-electron chi connectivity index (χ3n) is 4.96. The summed E-state index contributed by atoms with van der Waals surface area (Å²) < 4.78 is 20.3. The maximum absolute atomic E-state index is 14.1. The predicted molar refractivity (Wildman–Crippen MR) is 119 cm³/mol. The van der Waals surface area contributed by atoms with Gasteiger partial charge in [-0.2, -0.15) is 4.68 Å². The first kappa shape index (κ1) is 21.0. The van der Waals surface area contributed by atoms with Crippen molar-refractivity contribution < 1.29 is 13.6 Å². The van der Waals surface area contributed by atoms with Gasteiger partial charge >= 0.3 is 5.76 Å². The van der Waals surface area contributed by atoms with Gasteiger partial charge < -0.3 is 15.1 Å². The molecule has 0 radical (unpaired) electrons. The van der Waals surface area contributed by atoms with Crippen molar-refractivity contribution >= 4 is 17.4 Å². The first-order chi connectivity index (χ1) is 15.4. The summed E-state index contributed by atoms with van der Waals surface area (Å²) in [4.78, 5) is 28.5. The van der Waals surface area contributed by atoms with Crippen molar-refractivity contribution in [3.05, 3.63) is 82.2 Å². The number of carbonyl (C=O) groups excluding carboxylic acids is 1. The molecule has 4 rings (SSSR count). The van der Waals surface area contributed by atoms with E-state index in [0.29, 0.717) is 22.6 Å². The monoisotopic (exact) mass is 433 g/mol. The molecule has 0 fully saturated rings. The maximum Gasteiger partial charge on any atom is 0.437 e. The minimum atomic E-state index is -0.568. The van der Waals surface area contributed by atoms with Crippen LogP contribution in [0.5, 0.6) is 0 Å². The molecule has 2 heterocycles. The van der Waals surface area contributed by atoms with E-state index < -0.39 is 17.5 Å². The second-order valence-corrected chi connectivity index (χ2v) is 7.13. The molecule has 4 aromatic rings. The Morgan fingerprint density at radius 1 is 1.12 bits per heavy atom. The number of benzene rings is 2. The molecule has 2 N–H and O–H groups in total. The Bertz CT molecular complexity index is 1340. The smallest absolute Gasteiger partial charge is 0.388 e. The highest BCUT2D eigenvalue weighted by Crippen LogP contribution is 2.31. The van der Waals surface area contributed by atoms with Gasteiger partial charge in [-0.1, -0.05) is 24.3 Å². The number of pyridine rings is 1. The van der Waals surface area contributed by atoms with Crippen molar-refractivity contribution in [1.29, 1.82) is 0 Å². The summed E-state index contributed by atoms with van der Waals surface area (Å²) in [6.45, 7) is 1.68.